The van der Waals surface area contributed by atoms with E-state index in [1.165, 1.54) is 6.08 Å². The van der Waals surface area contributed by atoms with E-state index in [1.807, 2.05) is 13.0 Å². The first-order valence-electron chi connectivity index (χ1n) is 5.60. The normalized spacial score (nSPS) is 10.8. The lowest BCUT2D eigenvalue weighted by molar-refractivity contribution is -0.111. The number of nitrogens with one attached hydrogen (secondary N) is 2. The van der Waals surface area contributed by atoms with Crippen molar-refractivity contribution in [1.82, 2.24) is 5.32 Å². The third kappa shape index (κ3) is 4.25. The van der Waals surface area contributed by atoms with Gasteiger partial charge in [0.05, 0.1) is 0 Å². The van der Waals surface area contributed by atoms with Gasteiger partial charge in [0.2, 0.25) is 5.91 Å². The maximum absolute atomic E-state index is 11.5. The van der Waals surface area contributed by atoms with Gasteiger partial charge in [-0.25, -0.2) is 0 Å². The molecule has 0 aliphatic carbocycles. The summed E-state index contributed by atoms with van der Waals surface area (Å²) in [5, 5.41) is 5.22. The molecule has 0 bridgehead atoms. The average molecular weight is 244 g/mol. The minimum atomic E-state index is -0.208. The topological polar surface area (TPSA) is 58.2 Å². The van der Waals surface area contributed by atoms with Crippen LogP contribution in [0.25, 0.3) is 0 Å². The van der Waals surface area contributed by atoms with Crippen LogP contribution in [0.2, 0.25) is 0 Å². The number of benzene rings is 1. The molecule has 1 aromatic carbocycles. The Morgan fingerprint density at radius 1 is 1.11 bits per heavy atom. The minimum absolute atomic E-state index is 0.152. The van der Waals surface area contributed by atoms with Crippen molar-refractivity contribution >= 4 is 17.5 Å². The molecule has 0 unspecified atom stereocenters. The van der Waals surface area contributed by atoms with E-state index in [4.69, 9.17) is 0 Å². The fourth-order valence-electron chi connectivity index (χ4n) is 1.29. The van der Waals surface area contributed by atoms with Crippen molar-refractivity contribution in [3.8, 4) is 0 Å². The summed E-state index contributed by atoms with van der Waals surface area (Å²) in [4.78, 5) is 22.8. The van der Waals surface area contributed by atoms with E-state index >= 15 is 0 Å². The van der Waals surface area contributed by atoms with Crippen molar-refractivity contribution in [2.24, 2.45) is 0 Å². The number of carbonyl (C=O) groups is 2. The smallest absolute Gasteiger partial charge is 0.251 e. The van der Waals surface area contributed by atoms with Crippen molar-refractivity contribution in [3.05, 3.63) is 54.1 Å². The number of carbonyl (C=O) groups excluding carboxylic acids is 2. The van der Waals surface area contributed by atoms with Gasteiger partial charge in [0.25, 0.3) is 5.91 Å². The Balaban J connectivity index is 2.64. The molecule has 0 saturated carbocycles. The van der Waals surface area contributed by atoms with Crippen molar-refractivity contribution < 1.29 is 9.59 Å². The SMILES string of the molecule is C/C=C/C=C/C(=O)Nc1ccc(C(=O)NC)cc1. The molecule has 2 amide bonds. The highest BCUT2D eigenvalue weighted by atomic mass is 16.2. The Morgan fingerprint density at radius 3 is 2.33 bits per heavy atom. The number of anilines is 1. The van der Waals surface area contributed by atoms with Crippen LogP contribution in [0.3, 0.4) is 0 Å². The molecule has 0 spiro atoms. The second-order valence-corrected chi connectivity index (χ2v) is 3.53. The molecule has 18 heavy (non-hydrogen) atoms. The van der Waals surface area contributed by atoms with Gasteiger partial charge in [-0.3, -0.25) is 9.59 Å². The zero-order valence-electron chi connectivity index (χ0n) is 10.4. The average Bonchev–Trinajstić information content (AvgIpc) is 2.39. The van der Waals surface area contributed by atoms with Gasteiger partial charge in [-0.05, 0) is 31.2 Å². The number of hydrogen-bond donors (Lipinski definition) is 2. The standard InChI is InChI=1S/C14H16N2O2/c1-3-4-5-6-13(17)16-12-9-7-11(8-10-12)14(18)15-2/h3-10H,1-2H3,(H,15,18)(H,16,17)/b4-3+,6-5+. The first kappa shape index (κ1) is 13.7. The van der Waals surface area contributed by atoms with Gasteiger partial charge in [-0.2, -0.15) is 0 Å². The quantitative estimate of drug-likeness (QED) is 0.629. The van der Waals surface area contributed by atoms with Crippen molar-refractivity contribution in [1.29, 1.82) is 0 Å². The van der Waals surface area contributed by atoms with E-state index in [2.05, 4.69) is 10.6 Å². The van der Waals surface area contributed by atoms with E-state index in [9.17, 15) is 9.59 Å². The predicted molar refractivity (Wildman–Crippen MR) is 72.4 cm³/mol. The van der Waals surface area contributed by atoms with E-state index < -0.39 is 0 Å². The fraction of sp³-hybridized carbons (Fsp3) is 0.143. The maximum atomic E-state index is 11.5. The molecule has 4 heteroatoms. The van der Waals surface area contributed by atoms with Crippen molar-refractivity contribution in [2.45, 2.75) is 6.92 Å². The number of allylic oxidation sites excluding steroid dienone is 3. The fourth-order valence-corrected chi connectivity index (χ4v) is 1.29. The van der Waals surface area contributed by atoms with Crippen LogP contribution in [0.4, 0.5) is 5.69 Å². The third-order valence-electron chi connectivity index (χ3n) is 2.19. The van der Waals surface area contributed by atoms with Crippen LogP contribution in [0.1, 0.15) is 17.3 Å². The lowest BCUT2D eigenvalue weighted by Gasteiger charge is -2.03. The number of amides is 2. The molecule has 0 aliphatic heterocycles. The van der Waals surface area contributed by atoms with E-state index in [0.717, 1.165) is 0 Å². The van der Waals surface area contributed by atoms with Crippen LogP contribution in [-0.2, 0) is 4.79 Å². The van der Waals surface area contributed by atoms with Gasteiger partial charge in [-0.1, -0.05) is 18.2 Å². The van der Waals surface area contributed by atoms with E-state index in [1.54, 1.807) is 43.5 Å². The summed E-state index contributed by atoms with van der Waals surface area (Å²) in [6.45, 7) is 1.87. The number of rotatable bonds is 4. The predicted octanol–water partition coefficient (Wildman–Crippen LogP) is 2.12. The molecule has 94 valence electrons. The van der Waals surface area contributed by atoms with E-state index in [-0.39, 0.29) is 11.8 Å². The van der Waals surface area contributed by atoms with Gasteiger partial charge >= 0.3 is 0 Å². The molecule has 0 aliphatic rings. The van der Waals surface area contributed by atoms with Crippen LogP contribution in [0.15, 0.2) is 48.6 Å². The highest BCUT2D eigenvalue weighted by Crippen LogP contribution is 2.09. The zero-order valence-corrected chi connectivity index (χ0v) is 10.4. The molecule has 0 aromatic heterocycles. The molecular weight excluding hydrogens is 228 g/mol. The van der Waals surface area contributed by atoms with Gasteiger partial charge in [0, 0.05) is 24.4 Å². The molecule has 0 saturated heterocycles. The first-order valence-corrected chi connectivity index (χ1v) is 5.60. The Bertz CT molecular complexity index is 473. The zero-order chi connectivity index (χ0) is 13.4. The minimum Gasteiger partial charge on any atom is -0.355 e. The summed E-state index contributed by atoms with van der Waals surface area (Å²) in [6, 6.07) is 6.69. The monoisotopic (exact) mass is 244 g/mol. The van der Waals surface area contributed by atoms with Crippen LogP contribution in [0.5, 0.6) is 0 Å². The summed E-state index contributed by atoms with van der Waals surface area (Å²) in [6.07, 6.45) is 6.71. The summed E-state index contributed by atoms with van der Waals surface area (Å²) in [5.41, 5.74) is 1.21. The van der Waals surface area contributed by atoms with E-state index in [0.29, 0.717) is 11.3 Å². The molecular formula is C14H16N2O2. The van der Waals surface area contributed by atoms with Gasteiger partial charge in [0.15, 0.2) is 0 Å². The lowest BCUT2D eigenvalue weighted by Crippen LogP contribution is -2.17. The molecule has 4 nitrogen and oxygen atoms in total. The van der Waals surface area contributed by atoms with Crippen LogP contribution in [-0.4, -0.2) is 18.9 Å². The second kappa shape index (κ2) is 7.06. The summed E-state index contributed by atoms with van der Waals surface area (Å²) < 4.78 is 0. The molecule has 0 fully saturated rings. The van der Waals surface area contributed by atoms with Crippen molar-refractivity contribution in [3.63, 3.8) is 0 Å². The largest absolute Gasteiger partial charge is 0.355 e. The molecule has 1 aromatic rings. The number of hydrogen-bond acceptors (Lipinski definition) is 2. The summed E-state index contributed by atoms with van der Waals surface area (Å²) in [5.74, 6) is -0.360. The molecule has 0 atom stereocenters. The highest BCUT2D eigenvalue weighted by molar-refractivity contribution is 6.00. The lowest BCUT2D eigenvalue weighted by atomic mass is 10.2. The molecule has 0 heterocycles. The Hall–Kier alpha value is -2.36. The Morgan fingerprint density at radius 2 is 1.78 bits per heavy atom. The molecule has 1 rings (SSSR count). The summed E-state index contributed by atoms with van der Waals surface area (Å²) in [7, 11) is 1.57. The molecule has 2 N–H and O–H groups in total. The van der Waals surface area contributed by atoms with Crippen molar-refractivity contribution in [2.75, 3.05) is 12.4 Å². The Kier molecular flexibility index (Phi) is 5.38. The second-order valence-electron chi connectivity index (χ2n) is 3.53. The van der Waals surface area contributed by atoms with Crippen LogP contribution >= 0.6 is 0 Å². The first-order chi connectivity index (χ1) is 8.67. The molecule has 0 radical (unpaired) electrons. The summed E-state index contributed by atoms with van der Waals surface area (Å²) >= 11 is 0. The maximum Gasteiger partial charge on any atom is 0.251 e. The van der Waals surface area contributed by atoms with Gasteiger partial charge < -0.3 is 10.6 Å². The van der Waals surface area contributed by atoms with Gasteiger partial charge in [-0.15, -0.1) is 0 Å². The van der Waals surface area contributed by atoms with Crippen LogP contribution < -0.4 is 10.6 Å². The third-order valence-corrected chi connectivity index (χ3v) is 2.19. The highest BCUT2D eigenvalue weighted by Gasteiger charge is 2.02. The Labute approximate surface area is 106 Å². The van der Waals surface area contributed by atoms with Crippen LogP contribution in [0, 0.1) is 0 Å². The van der Waals surface area contributed by atoms with Gasteiger partial charge in [0.1, 0.15) is 0 Å².